The Labute approximate surface area is 101 Å². The normalized spacial score (nSPS) is 20.9. The minimum absolute atomic E-state index is 0.493. The van der Waals surface area contributed by atoms with Crippen LogP contribution in [-0.4, -0.2) is 29.6 Å². The molecule has 0 aliphatic carbocycles. The Balaban J connectivity index is 2.27. The maximum absolute atomic E-state index is 5.98. The molecule has 5 heteroatoms. The quantitative estimate of drug-likeness (QED) is 0.807. The SMILES string of the molecule is CNc1nc(Cl)cc(N2CCCC[C@H]2C)n1. The zero-order chi connectivity index (χ0) is 11.5. The van der Waals surface area contributed by atoms with Gasteiger partial charge in [0.2, 0.25) is 5.95 Å². The van der Waals surface area contributed by atoms with Crippen LogP contribution in [0.1, 0.15) is 26.2 Å². The van der Waals surface area contributed by atoms with E-state index in [1.807, 2.05) is 6.07 Å². The van der Waals surface area contributed by atoms with Crippen LogP contribution in [0, 0.1) is 0 Å². The Morgan fingerprint density at radius 1 is 1.44 bits per heavy atom. The van der Waals surface area contributed by atoms with E-state index in [1.165, 1.54) is 19.3 Å². The summed E-state index contributed by atoms with van der Waals surface area (Å²) in [5.74, 6) is 1.51. The molecule has 2 rings (SSSR count). The maximum Gasteiger partial charge on any atom is 0.225 e. The molecule has 88 valence electrons. The van der Waals surface area contributed by atoms with Crippen molar-refractivity contribution in [3.8, 4) is 0 Å². The molecule has 1 atom stereocenters. The highest BCUT2D eigenvalue weighted by molar-refractivity contribution is 6.29. The average molecular weight is 241 g/mol. The van der Waals surface area contributed by atoms with Crippen molar-refractivity contribution in [1.29, 1.82) is 0 Å². The number of piperidine rings is 1. The van der Waals surface area contributed by atoms with Crippen LogP contribution >= 0.6 is 11.6 Å². The molecule has 0 radical (unpaired) electrons. The molecule has 1 aliphatic rings. The van der Waals surface area contributed by atoms with Gasteiger partial charge in [0.15, 0.2) is 0 Å². The van der Waals surface area contributed by atoms with Crippen molar-refractivity contribution in [3.05, 3.63) is 11.2 Å². The van der Waals surface area contributed by atoms with E-state index in [4.69, 9.17) is 11.6 Å². The van der Waals surface area contributed by atoms with Gasteiger partial charge >= 0.3 is 0 Å². The highest BCUT2D eigenvalue weighted by Gasteiger charge is 2.20. The molecular weight excluding hydrogens is 224 g/mol. The molecule has 1 saturated heterocycles. The van der Waals surface area contributed by atoms with E-state index in [-0.39, 0.29) is 0 Å². The number of anilines is 2. The van der Waals surface area contributed by atoms with Gasteiger partial charge in [-0.2, -0.15) is 4.98 Å². The summed E-state index contributed by atoms with van der Waals surface area (Å²) in [7, 11) is 1.80. The van der Waals surface area contributed by atoms with E-state index in [2.05, 4.69) is 27.1 Å². The van der Waals surface area contributed by atoms with E-state index in [0.29, 0.717) is 17.1 Å². The molecular formula is C11H17ClN4. The Morgan fingerprint density at radius 2 is 2.25 bits per heavy atom. The van der Waals surface area contributed by atoms with E-state index in [0.717, 1.165) is 12.4 Å². The molecule has 0 spiro atoms. The Bertz CT molecular complexity index is 369. The first-order valence-electron chi connectivity index (χ1n) is 5.69. The van der Waals surface area contributed by atoms with Gasteiger partial charge in [-0.25, -0.2) is 4.98 Å². The summed E-state index contributed by atoms with van der Waals surface area (Å²) in [6, 6.07) is 2.37. The van der Waals surface area contributed by atoms with Gasteiger partial charge in [-0.05, 0) is 26.2 Å². The molecule has 2 heterocycles. The minimum Gasteiger partial charge on any atom is -0.357 e. The Kier molecular flexibility index (Phi) is 3.49. The second-order valence-electron chi connectivity index (χ2n) is 4.16. The fourth-order valence-corrected chi connectivity index (χ4v) is 2.28. The summed E-state index contributed by atoms with van der Waals surface area (Å²) in [4.78, 5) is 10.8. The smallest absolute Gasteiger partial charge is 0.225 e. The van der Waals surface area contributed by atoms with Crippen LogP contribution in [-0.2, 0) is 0 Å². The summed E-state index contributed by atoms with van der Waals surface area (Å²) >= 11 is 5.98. The molecule has 1 aliphatic heterocycles. The summed E-state index contributed by atoms with van der Waals surface area (Å²) in [5.41, 5.74) is 0. The number of hydrogen-bond donors (Lipinski definition) is 1. The van der Waals surface area contributed by atoms with Crippen molar-refractivity contribution in [2.45, 2.75) is 32.2 Å². The third-order valence-electron chi connectivity index (χ3n) is 3.00. The Hall–Kier alpha value is -1.03. The van der Waals surface area contributed by atoms with Crippen molar-refractivity contribution < 1.29 is 0 Å². The van der Waals surface area contributed by atoms with Crippen molar-refractivity contribution in [3.63, 3.8) is 0 Å². The van der Waals surface area contributed by atoms with E-state index in [9.17, 15) is 0 Å². The van der Waals surface area contributed by atoms with Gasteiger partial charge in [0.1, 0.15) is 11.0 Å². The van der Waals surface area contributed by atoms with Crippen LogP contribution in [0.2, 0.25) is 5.15 Å². The lowest BCUT2D eigenvalue weighted by atomic mass is 10.0. The number of rotatable bonds is 2. The largest absolute Gasteiger partial charge is 0.357 e. The predicted molar refractivity (Wildman–Crippen MR) is 67.2 cm³/mol. The maximum atomic E-state index is 5.98. The first-order valence-corrected chi connectivity index (χ1v) is 6.07. The number of halogens is 1. The zero-order valence-corrected chi connectivity index (χ0v) is 10.5. The van der Waals surface area contributed by atoms with Gasteiger partial charge in [-0.3, -0.25) is 0 Å². The van der Waals surface area contributed by atoms with Gasteiger partial charge in [0, 0.05) is 25.7 Å². The molecule has 0 saturated carbocycles. The lowest BCUT2D eigenvalue weighted by Crippen LogP contribution is -2.38. The minimum atomic E-state index is 0.493. The summed E-state index contributed by atoms with van der Waals surface area (Å²) < 4.78 is 0. The van der Waals surface area contributed by atoms with Crippen LogP contribution in [0.25, 0.3) is 0 Å². The number of hydrogen-bond acceptors (Lipinski definition) is 4. The second-order valence-corrected chi connectivity index (χ2v) is 4.55. The van der Waals surface area contributed by atoms with E-state index >= 15 is 0 Å². The van der Waals surface area contributed by atoms with Crippen molar-refractivity contribution >= 4 is 23.4 Å². The van der Waals surface area contributed by atoms with Crippen LogP contribution < -0.4 is 10.2 Å². The molecule has 0 amide bonds. The molecule has 1 fully saturated rings. The average Bonchev–Trinajstić information content (AvgIpc) is 2.28. The fourth-order valence-electron chi connectivity index (χ4n) is 2.10. The fraction of sp³-hybridized carbons (Fsp3) is 0.636. The molecule has 0 bridgehead atoms. The highest BCUT2D eigenvalue weighted by Crippen LogP contribution is 2.25. The third-order valence-corrected chi connectivity index (χ3v) is 3.20. The monoisotopic (exact) mass is 240 g/mol. The van der Waals surface area contributed by atoms with E-state index in [1.54, 1.807) is 7.05 Å². The molecule has 1 aromatic heterocycles. The van der Waals surface area contributed by atoms with Gasteiger partial charge in [0.05, 0.1) is 0 Å². The molecule has 0 aromatic carbocycles. The molecule has 4 nitrogen and oxygen atoms in total. The predicted octanol–water partition coefficient (Wildman–Crippen LogP) is 2.55. The standard InChI is InChI=1S/C11H17ClN4/c1-8-5-3-4-6-16(8)10-7-9(12)14-11(13-2)15-10/h7-8H,3-6H2,1-2H3,(H,13,14,15)/t8-/m1/s1. The highest BCUT2D eigenvalue weighted by atomic mass is 35.5. The molecule has 1 N–H and O–H groups in total. The van der Waals surface area contributed by atoms with E-state index < -0.39 is 0 Å². The van der Waals surface area contributed by atoms with Crippen molar-refractivity contribution in [1.82, 2.24) is 9.97 Å². The lowest BCUT2D eigenvalue weighted by Gasteiger charge is -2.34. The van der Waals surface area contributed by atoms with Crippen LogP contribution in [0.4, 0.5) is 11.8 Å². The van der Waals surface area contributed by atoms with Gasteiger partial charge in [-0.15, -0.1) is 0 Å². The molecule has 16 heavy (non-hydrogen) atoms. The van der Waals surface area contributed by atoms with Crippen LogP contribution in [0.15, 0.2) is 6.07 Å². The number of nitrogens with zero attached hydrogens (tertiary/aromatic N) is 3. The van der Waals surface area contributed by atoms with Crippen LogP contribution in [0.3, 0.4) is 0 Å². The summed E-state index contributed by atoms with van der Waals surface area (Å²) in [6.45, 7) is 3.28. The topological polar surface area (TPSA) is 41.1 Å². The van der Waals surface area contributed by atoms with Gasteiger partial charge < -0.3 is 10.2 Å². The molecule has 1 aromatic rings. The van der Waals surface area contributed by atoms with Gasteiger partial charge in [-0.1, -0.05) is 11.6 Å². The first kappa shape index (κ1) is 11.5. The van der Waals surface area contributed by atoms with Crippen molar-refractivity contribution in [2.24, 2.45) is 0 Å². The van der Waals surface area contributed by atoms with Crippen LogP contribution in [0.5, 0.6) is 0 Å². The Morgan fingerprint density at radius 3 is 2.94 bits per heavy atom. The lowest BCUT2D eigenvalue weighted by molar-refractivity contribution is 0.481. The number of aromatic nitrogens is 2. The summed E-state index contributed by atoms with van der Waals surface area (Å²) in [5, 5.41) is 3.42. The zero-order valence-electron chi connectivity index (χ0n) is 9.70. The number of nitrogens with one attached hydrogen (secondary N) is 1. The molecule has 0 unspecified atom stereocenters. The van der Waals surface area contributed by atoms with Gasteiger partial charge in [0.25, 0.3) is 0 Å². The first-order chi connectivity index (χ1) is 7.70. The second kappa shape index (κ2) is 4.87. The summed E-state index contributed by atoms with van der Waals surface area (Å²) in [6.07, 6.45) is 3.74. The third kappa shape index (κ3) is 2.38. The van der Waals surface area contributed by atoms with Crippen molar-refractivity contribution in [2.75, 3.05) is 23.8 Å².